The molecule has 0 unspecified atom stereocenters. The zero-order valence-electron chi connectivity index (χ0n) is 23.9. The molecule has 216 valence electrons. The first-order valence-corrected chi connectivity index (χ1v) is 15.0. The number of benzene rings is 5. The van der Waals surface area contributed by atoms with Crippen molar-refractivity contribution in [1.82, 2.24) is 14.1 Å². The van der Waals surface area contributed by atoms with Crippen LogP contribution in [0.5, 0.6) is 0 Å². The van der Waals surface area contributed by atoms with Crippen molar-refractivity contribution < 1.29 is 25.8 Å². The molecule has 3 aromatic heterocycles. The summed E-state index contributed by atoms with van der Waals surface area (Å²) in [5, 5.41) is 4.61. The molecule has 5 nitrogen and oxygen atoms in total. The molecule has 0 saturated carbocycles. The predicted octanol–water partition coefficient (Wildman–Crippen LogP) is 8.32. The van der Waals surface area contributed by atoms with Gasteiger partial charge in [-0.2, -0.15) is 6.07 Å². The maximum absolute atomic E-state index is 6.44. The third-order valence-electron chi connectivity index (χ3n) is 9.16. The zero-order chi connectivity index (χ0) is 28.8. The van der Waals surface area contributed by atoms with Gasteiger partial charge in [0.25, 0.3) is 0 Å². The van der Waals surface area contributed by atoms with E-state index in [1.165, 1.54) is 21.9 Å². The average Bonchev–Trinajstić information content (AvgIpc) is 3.82. The van der Waals surface area contributed by atoms with Crippen LogP contribution in [0.25, 0.3) is 55.1 Å². The fourth-order valence-electron chi connectivity index (χ4n) is 7.24. The Morgan fingerprint density at radius 2 is 1.38 bits per heavy atom. The minimum atomic E-state index is 0. The average molecular weight is 760 g/mol. The summed E-state index contributed by atoms with van der Waals surface area (Å²) in [6, 6.07) is 47.7. The monoisotopic (exact) mass is 759 g/mol. The van der Waals surface area contributed by atoms with Crippen LogP contribution in [-0.4, -0.2) is 26.1 Å². The van der Waals surface area contributed by atoms with Crippen LogP contribution in [-0.2, 0) is 32.2 Å². The largest absolute Gasteiger partial charge is 2.00 e. The molecule has 2 atom stereocenters. The van der Waals surface area contributed by atoms with Crippen LogP contribution < -0.4 is 0 Å². The van der Waals surface area contributed by atoms with Gasteiger partial charge in [-0.1, -0.05) is 77.4 Å². The van der Waals surface area contributed by atoms with Crippen molar-refractivity contribution in [3.05, 3.63) is 150 Å². The molecule has 0 fully saturated rings. The van der Waals surface area contributed by atoms with Crippen molar-refractivity contribution >= 4 is 49.6 Å². The number of nitrogens with zero attached hydrogens (tertiary/aromatic N) is 4. The molecule has 0 amide bonds. The molecule has 0 N–H and O–H groups in total. The molecule has 1 aliphatic heterocycles. The van der Waals surface area contributed by atoms with E-state index >= 15 is 0 Å². The first-order valence-electron chi connectivity index (χ1n) is 15.0. The Balaban J connectivity index is 0.00000281. The summed E-state index contributed by atoms with van der Waals surface area (Å²) in [5.41, 5.74) is 9.45. The van der Waals surface area contributed by atoms with Gasteiger partial charge < -0.3 is 13.9 Å². The fraction of sp³-hybridized carbons (Fsp3) is 0.0769. The summed E-state index contributed by atoms with van der Waals surface area (Å²) in [7, 11) is 0. The van der Waals surface area contributed by atoms with Gasteiger partial charge in [-0.25, -0.2) is 4.98 Å². The number of fused-ring (bicyclic) bond motifs is 9. The van der Waals surface area contributed by atoms with E-state index in [2.05, 4.69) is 124 Å². The molecule has 8 aromatic rings. The minimum absolute atomic E-state index is 0. The number of pyridine rings is 1. The van der Waals surface area contributed by atoms with Crippen molar-refractivity contribution in [2.45, 2.75) is 18.6 Å². The Labute approximate surface area is 273 Å². The van der Waals surface area contributed by atoms with Crippen molar-refractivity contribution in [2.24, 2.45) is 4.99 Å². The summed E-state index contributed by atoms with van der Waals surface area (Å²) >= 11 is 0. The second-order valence-corrected chi connectivity index (χ2v) is 11.6. The normalized spacial score (nSPS) is 16.9. The van der Waals surface area contributed by atoms with E-state index in [1.807, 2.05) is 18.3 Å². The number of para-hydroxylation sites is 2. The van der Waals surface area contributed by atoms with Gasteiger partial charge in [0.05, 0.1) is 5.52 Å². The van der Waals surface area contributed by atoms with Crippen LogP contribution in [0.15, 0.2) is 126 Å². The Kier molecular flexibility index (Phi) is 5.88. The third kappa shape index (κ3) is 3.84. The predicted molar refractivity (Wildman–Crippen MR) is 175 cm³/mol. The number of hydrogen-bond acceptors (Lipinski definition) is 3. The Morgan fingerprint density at radius 3 is 2.27 bits per heavy atom. The Hall–Kier alpha value is -4.99. The molecule has 0 radical (unpaired) electrons. The standard InChI is InChI=1S/C39H24N4O.Pt/c1-2-12-28-24(9-1)22-36-37(28)41-39(44-36)25-10-7-11-26(21-25)42-33-16-5-3-13-29(33)31-19-18-27(23-35(31)42)43-34-17-6-4-14-30(34)32-15-8-20-40-38(32)43;/h1-20,36-37H,22H2;/q-2;+2/t36-,37+;/m0./s1. The van der Waals surface area contributed by atoms with Crippen molar-refractivity contribution in [3.8, 4) is 11.4 Å². The second kappa shape index (κ2) is 10.0. The molecular weight excluding hydrogens is 736 g/mol. The Morgan fingerprint density at radius 1 is 0.644 bits per heavy atom. The van der Waals surface area contributed by atoms with Crippen LogP contribution in [0.1, 0.15) is 22.7 Å². The molecule has 0 saturated heterocycles. The summed E-state index contributed by atoms with van der Waals surface area (Å²) in [4.78, 5) is 9.85. The van der Waals surface area contributed by atoms with E-state index in [9.17, 15) is 0 Å². The number of ether oxygens (including phenoxy) is 1. The van der Waals surface area contributed by atoms with Gasteiger partial charge in [-0.15, -0.1) is 41.8 Å². The van der Waals surface area contributed by atoms with E-state index in [0.717, 1.165) is 56.3 Å². The van der Waals surface area contributed by atoms with E-state index in [4.69, 9.17) is 14.7 Å². The molecule has 6 heteroatoms. The quantitative estimate of drug-likeness (QED) is 0.170. The number of aliphatic imine (C=N–C) groups is 1. The first-order chi connectivity index (χ1) is 21.8. The van der Waals surface area contributed by atoms with Gasteiger partial charge in [0, 0.05) is 28.9 Å². The fourth-order valence-corrected chi connectivity index (χ4v) is 7.24. The van der Waals surface area contributed by atoms with Crippen LogP contribution in [0.4, 0.5) is 0 Å². The molecule has 10 rings (SSSR count). The Bertz CT molecular complexity index is 2440. The topological polar surface area (TPSA) is 44.3 Å². The van der Waals surface area contributed by atoms with Gasteiger partial charge in [0.1, 0.15) is 23.7 Å². The van der Waals surface area contributed by atoms with Crippen molar-refractivity contribution in [2.75, 3.05) is 0 Å². The van der Waals surface area contributed by atoms with Gasteiger partial charge in [-0.3, -0.25) is 4.99 Å². The number of aromatic nitrogens is 3. The van der Waals surface area contributed by atoms with Crippen LogP contribution in [0.2, 0.25) is 0 Å². The van der Waals surface area contributed by atoms with Gasteiger partial charge in [-0.05, 0) is 46.5 Å². The van der Waals surface area contributed by atoms with Crippen LogP contribution in [0.3, 0.4) is 0 Å². The van der Waals surface area contributed by atoms with Crippen molar-refractivity contribution in [3.63, 3.8) is 0 Å². The minimum Gasteiger partial charge on any atom is -0.514 e. The maximum atomic E-state index is 6.44. The van der Waals surface area contributed by atoms with Crippen molar-refractivity contribution in [1.29, 1.82) is 0 Å². The van der Waals surface area contributed by atoms with E-state index < -0.39 is 0 Å². The SMILES string of the molecule is [Pt+2].[c-]1c(C2=N[C@@H]3c4ccccc4C[C@@H]3O2)cccc1-n1c2[c-]c(-n3c4ccccc4c4cccnc43)ccc2c2ccccc21. The van der Waals surface area contributed by atoms with E-state index in [1.54, 1.807) is 0 Å². The van der Waals surface area contributed by atoms with Crippen LogP contribution >= 0.6 is 0 Å². The van der Waals surface area contributed by atoms with Gasteiger partial charge in [0.15, 0.2) is 0 Å². The molecule has 0 bridgehead atoms. The number of hydrogen-bond donors (Lipinski definition) is 0. The second-order valence-electron chi connectivity index (χ2n) is 11.6. The molecule has 4 heterocycles. The molecular formula is C39H24N4OPt. The summed E-state index contributed by atoms with van der Waals surface area (Å²) in [6.07, 6.45) is 2.78. The molecule has 2 aliphatic rings. The summed E-state index contributed by atoms with van der Waals surface area (Å²) in [6.45, 7) is 0. The van der Waals surface area contributed by atoms with Crippen LogP contribution in [0, 0.1) is 12.1 Å². The summed E-state index contributed by atoms with van der Waals surface area (Å²) < 4.78 is 10.9. The smallest absolute Gasteiger partial charge is 0.514 e. The molecule has 1 aliphatic carbocycles. The first kappa shape index (κ1) is 26.4. The van der Waals surface area contributed by atoms with E-state index in [0.29, 0.717) is 5.90 Å². The maximum Gasteiger partial charge on any atom is 2.00 e. The van der Waals surface area contributed by atoms with E-state index in [-0.39, 0.29) is 33.2 Å². The summed E-state index contributed by atoms with van der Waals surface area (Å²) in [5.74, 6) is 0.665. The van der Waals surface area contributed by atoms with Gasteiger partial charge in [0.2, 0.25) is 0 Å². The zero-order valence-corrected chi connectivity index (χ0v) is 26.2. The number of rotatable bonds is 3. The molecule has 45 heavy (non-hydrogen) atoms. The molecule has 5 aromatic carbocycles. The third-order valence-corrected chi connectivity index (χ3v) is 9.16. The van der Waals surface area contributed by atoms with Gasteiger partial charge >= 0.3 is 21.1 Å². The molecule has 0 spiro atoms.